The Balaban J connectivity index is 2.22. The van der Waals surface area contributed by atoms with E-state index < -0.39 is 11.5 Å². The highest BCUT2D eigenvalue weighted by molar-refractivity contribution is 5.78. The molecule has 0 amide bonds. The van der Waals surface area contributed by atoms with Crippen LogP contribution >= 0.6 is 0 Å². The molecule has 0 saturated heterocycles. The van der Waals surface area contributed by atoms with Crippen LogP contribution in [0.3, 0.4) is 0 Å². The molecule has 0 aromatic heterocycles. The number of carboxylic acids is 1. The second kappa shape index (κ2) is 5.83. The van der Waals surface area contributed by atoms with Gasteiger partial charge in [-0.05, 0) is 49.4 Å². The van der Waals surface area contributed by atoms with Gasteiger partial charge in [-0.3, -0.25) is 10.1 Å². The Morgan fingerprint density at radius 3 is 2.90 bits per heavy atom. The Kier molecular flexibility index (Phi) is 4.33. The molecule has 0 aliphatic heterocycles. The van der Waals surface area contributed by atoms with E-state index in [1.54, 1.807) is 14.0 Å². The van der Waals surface area contributed by atoms with E-state index in [-0.39, 0.29) is 6.04 Å². The normalized spacial score (nSPS) is 20.2. The maximum atomic E-state index is 11.5. The van der Waals surface area contributed by atoms with Gasteiger partial charge >= 0.3 is 5.97 Å². The molecule has 0 bridgehead atoms. The predicted octanol–water partition coefficient (Wildman–Crippen LogP) is 2.92. The van der Waals surface area contributed by atoms with Gasteiger partial charge in [0, 0.05) is 6.04 Å². The third kappa shape index (κ3) is 2.80. The predicted molar refractivity (Wildman–Crippen MR) is 78.1 cm³/mol. The summed E-state index contributed by atoms with van der Waals surface area (Å²) in [6.07, 6.45) is 3.39. The summed E-state index contributed by atoms with van der Waals surface area (Å²) in [6.45, 7) is 3.78. The highest BCUT2D eigenvalue weighted by atomic mass is 16.5. The van der Waals surface area contributed by atoms with Crippen LogP contribution < -0.4 is 10.1 Å². The van der Waals surface area contributed by atoms with Gasteiger partial charge < -0.3 is 9.84 Å². The van der Waals surface area contributed by atoms with E-state index in [2.05, 4.69) is 11.4 Å². The molecule has 0 radical (unpaired) electrons. The number of aryl methyl sites for hydroxylation is 1. The molecule has 1 aliphatic carbocycles. The van der Waals surface area contributed by atoms with Gasteiger partial charge in [-0.15, -0.1) is 0 Å². The summed E-state index contributed by atoms with van der Waals surface area (Å²) in [6, 6.07) is 6.15. The number of carbonyl (C=O) groups is 1. The Labute approximate surface area is 120 Å². The van der Waals surface area contributed by atoms with Crippen molar-refractivity contribution in [1.29, 1.82) is 0 Å². The first-order chi connectivity index (χ1) is 9.50. The number of hydrogen-bond donors (Lipinski definition) is 2. The molecule has 2 N–H and O–H groups in total. The summed E-state index contributed by atoms with van der Waals surface area (Å²) in [5.74, 6) is 0.0423. The Hall–Kier alpha value is -1.55. The van der Waals surface area contributed by atoms with Gasteiger partial charge in [0.2, 0.25) is 0 Å². The zero-order valence-corrected chi connectivity index (χ0v) is 12.4. The molecule has 0 spiro atoms. The van der Waals surface area contributed by atoms with Crippen LogP contribution in [0.1, 0.15) is 50.3 Å². The van der Waals surface area contributed by atoms with Crippen LogP contribution in [0.4, 0.5) is 0 Å². The molecule has 2 rings (SSSR count). The number of aliphatic carboxylic acids is 1. The van der Waals surface area contributed by atoms with Crippen molar-refractivity contribution in [2.75, 3.05) is 7.11 Å². The Morgan fingerprint density at radius 1 is 1.55 bits per heavy atom. The van der Waals surface area contributed by atoms with Crippen molar-refractivity contribution in [3.63, 3.8) is 0 Å². The van der Waals surface area contributed by atoms with Crippen LogP contribution in [0.5, 0.6) is 5.75 Å². The van der Waals surface area contributed by atoms with Crippen molar-refractivity contribution >= 4 is 5.97 Å². The number of ether oxygens (including phenoxy) is 1. The number of nitrogens with one attached hydrogen (secondary N) is 1. The van der Waals surface area contributed by atoms with Crippen molar-refractivity contribution in [3.8, 4) is 5.75 Å². The second-order valence-corrected chi connectivity index (χ2v) is 5.69. The molecule has 0 saturated carbocycles. The average Bonchev–Trinajstić information content (AvgIpc) is 2.81. The van der Waals surface area contributed by atoms with E-state index in [0.29, 0.717) is 6.42 Å². The molecule has 1 aromatic rings. The van der Waals surface area contributed by atoms with Gasteiger partial charge in [-0.1, -0.05) is 19.4 Å². The van der Waals surface area contributed by atoms with E-state index in [0.717, 1.165) is 25.0 Å². The summed E-state index contributed by atoms with van der Waals surface area (Å²) in [4.78, 5) is 11.5. The molecular weight excluding hydrogens is 254 g/mol. The van der Waals surface area contributed by atoms with Crippen molar-refractivity contribution in [3.05, 3.63) is 29.3 Å². The lowest BCUT2D eigenvalue weighted by Gasteiger charge is -2.30. The molecule has 0 fully saturated rings. The summed E-state index contributed by atoms with van der Waals surface area (Å²) >= 11 is 0. The molecule has 4 heteroatoms. The van der Waals surface area contributed by atoms with Crippen LogP contribution in [0.25, 0.3) is 0 Å². The number of benzene rings is 1. The van der Waals surface area contributed by atoms with Crippen LogP contribution in [-0.4, -0.2) is 23.7 Å². The summed E-state index contributed by atoms with van der Waals surface area (Å²) in [7, 11) is 1.65. The van der Waals surface area contributed by atoms with E-state index >= 15 is 0 Å². The topological polar surface area (TPSA) is 58.6 Å². The molecule has 1 aliphatic rings. The summed E-state index contributed by atoms with van der Waals surface area (Å²) in [5, 5.41) is 12.8. The lowest BCUT2D eigenvalue weighted by Crippen LogP contribution is -2.50. The maximum Gasteiger partial charge on any atom is 0.323 e. The molecular formula is C16H23NO3. The number of carboxylic acid groups (broad SMARTS) is 1. The SMILES string of the molecule is CCCC(C)(NC1CCc2ccc(OC)cc21)C(=O)O. The molecule has 110 valence electrons. The fourth-order valence-corrected chi connectivity index (χ4v) is 2.98. The largest absolute Gasteiger partial charge is 0.497 e. The van der Waals surface area contributed by atoms with Crippen LogP contribution in [0.2, 0.25) is 0 Å². The third-order valence-corrected chi connectivity index (χ3v) is 4.15. The first-order valence-corrected chi connectivity index (χ1v) is 7.18. The smallest absolute Gasteiger partial charge is 0.323 e. The quantitative estimate of drug-likeness (QED) is 0.839. The van der Waals surface area contributed by atoms with E-state index in [4.69, 9.17) is 4.74 Å². The van der Waals surface area contributed by atoms with Gasteiger partial charge in [-0.25, -0.2) is 0 Å². The van der Waals surface area contributed by atoms with Gasteiger partial charge in [0.15, 0.2) is 0 Å². The second-order valence-electron chi connectivity index (χ2n) is 5.69. The van der Waals surface area contributed by atoms with Crippen LogP contribution in [-0.2, 0) is 11.2 Å². The monoisotopic (exact) mass is 277 g/mol. The van der Waals surface area contributed by atoms with Crippen molar-refractivity contribution < 1.29 is 14.6 Å². The van der Waals surface area contributed by atoms with E-state index in [1.165, 1.54) is 11.1 Å². The minimum atomic E-state index is -0.871. The standard InChI is InChI=1S/C16H23NO3/c1-4-9-16(2,15(18)19)17-14-8-6-11-5-7-12(20-3)10-13(11)14/h5,7,10,14,17H,4,6,8-9H2,1-3H3,(H,18,19). The molecule has 2 unspecified atom stereocenters. The van der Waals surface area contributed by atoms with E-state index in [9.17, 15) is 9.90 Å². The zero-order chi connectivity index (χ0) is 14.8. The van der Waals surface area contributed by atoms with Crippen molar-refractivity contribution in [2.24, 2.45) is 0 Å². The van der Waals surface area contributed by atoms with Gasteiger partial charge in [0.25, 0.3) is 0 Å². The lowest BCUT2D eigenvalue weighted by atomic mass is 9.94. The van der Waals surface area contributed by atoms with Crippen molar-refractivity contribution in [2.45, 2.75) is 51.1 Å². The van der Waals surface area contributed by atoms with Crippen LogP contribution in [0.15, 0.2) is 18.2 Å². The van der Waals surface area contributed by atoms with Gasteiger partial charge in [0.05, 0.1) is 7.11 Å². The zero-order valence-electron chi connectivity index (χ0n) is 12.4. The molecule has 1 aromatic carbocycles. The number of methoxy groups -OCH3 is 1. The Bertz CT molecular complexity index is 500. The molecule has 2 atom stereocenters. The average molecular weight is 277 g/mol. The highest BCUT2D eigenvalue weighted by Gasteiger charge is 2.36. The fourth-order valence-electron chi connectivity index (χ4n) is 2.98. The van der Waals surface area contributed by atoms with E-state index in [1.807, 2.05) is 19.1 Å². The van der Waals surface area contributed by atoms with Gasteiger partial charge in [0.1, 0.15) is 11.3 Å². The lowest BCUT2D eigenvalue weighted by molar-refractivity contribution is -0.144. The highest BCUT2D eigenvalue weighted by Crippen LogP contribution is 2.35. The maximum absolute atomic E-state index is 11.5. The Morgan fingerprint density at radius 2 is 2.30 bits per heavy atom. The molecule has 4 nitrogen and oxygen atoms in total. The third-order valence-electron chi connectivity index (χ3n) is 4.15. The number of hydrogen-bond acceptors (Lipinski definition) is 3. The first-order valence-electron chi connectivity index (χ1n) is 7.18. The summed E-state index contributed by atoms with van der Waals surface area (Å²) < 4.78 is 5.27. The minimum Gasteiger partial charge on any atom is -0.497 e. The fraction of sp³-hybridized carbons (Fsp3) is 0.562. The summed E-state index contributed by atoms with van der Waals surface area (Å²) in [5.41, 5.74) is 1.59. The minimum absolute atomic E-state index is 0.0905. The van der Waals surface area contributed by atoms with Crippen molar-refractivity contribution in [1.82, 2.24) is 5.32 Å². The van der Waals surface area contributed by atoms with Crippen LogP contribution in [0, 0.1) is 0 Å². The molecule has 20 heavy (non-hydrogen) atoms. The number of fused-ring (bicyclic) bond motifs is 1. The number of rotatable bonds is 6. The molecule has 0 heterocycles. The van der Waals surface area contributed by atoms with Gasteiger partial charge in [-0.2, -0.15) is 0 Å². The first kappa shape index (κ1) is 14.9.